The summed E-state index contributed by atoms with van der Waals surface area (Å²) in [5.41, 5.74) is 0.931. The molecule has 2 amide bonds. The van der Waals surface area contributed by atoms with E-state index in [4.69, 9.17) is 9.47 Å². The number of nitro benzene ring substituents is 1. The zero-order valence-corrected chi connectivity index (χ0v) is 21.8. The number of amides is 2. The standard InChI is InChI=1S/C26H19BrN2O7S/c1-35-22-11-18(20(29(33)34)13-23(22)36-15-16-5-3-2-4-6-16)12-24-25(31)28(26(32)37-24)14-21(30)17-7-9-19(27)10-8-17/h2-13H,14-15H2,1H3/b24-12+. The lowest BCUT2D eigenvalue weighted by Crippen LogP contribution is -2.33. The zero-order valence-electron chi connectivity index (χ0n) is 19.4. The number of hydrogen-bond donors (Lipinski definition) is 0. The molecule has 1 heterocycles. The van der Waals surface area contributed by atoms with Crippen molar-refractivity contribution in [3.63, 3.8) is 0 Å². The van der Waals surface area contributed by atoms with Gasteiger partial charge in [0.05, 0.1) is 35.1 Å². The number of benzene rings is 3. The smallest absolute Gasteiger partial charge is 0.293 e. The highest BCUT2D eigenvalue weighted by Gasteiger charge is 2.37. The number of ether oxygens (including phenoxy) is 2. The second-order valence-corrected chi connectivity index (χ2v) is 9.70. The lowest BCUT2D eigenvalue weighted by atomic mass is 10.1. The summed E-state index contributed by atoms with van der Waals surface area (Å²) in [6.45, 7) is -0.277. The van der Waals surface area contributed by atoms with Crippen molar-refractivity contribution in [2.75, 3.05) is 13.7 Å². The van der Waals surface area contributed by atoms with Gasteiger partial charge in [0, 0.05) is 10.0 Å². The molecule has 1 saturated heterocycles. The van der Waals surface area contributed by atoms with Crippen LogP contribution in [0.2, 0.25) is 0 Å². The molecule has 37 heavy (non-hydrogen) atoms. The number of carbonyl (C=O) groups is 3. The predicted molar refractivity (Wildman–Crippen MR) is 142 cm³/mol. The quantitative estimate of drug-likeness (QED) is 0.133. The molecule has 0 aliphatic carbocycles. The van der Waals surface area contributed by atoms with E-state index in [0.717, 1.165) is 14.9 Å². The third-order valence-corrected chi connectivity index (χ3v) is 6.81. The van der Waals surface area contributed by atoms with Crippen LogP contribution in [0.25, 0.3) is 6.08 Å². The number of rotatable bonds is 9. The Bertz CT molecular complexity index is 1410. The predicted octanol–water partition coefficient (Wildman–Crippen LogP) is 5.86. The zero-order chi connectivity index (χ0) is 26.5. The van der Waals surface area contributed by atoms with E-state index >= 15 is 0 Å². The van der Waals surface area contributed by atoms with Crippen molar-refractivity contribution >= 4 is 56.4 Å². The highest BCUT2D eigenvalue weighted by molar-refractivity contribution is 9.10. The van der Waals surface area contributed by atoms with E-state index in [9.17, 15) is 24.5 Å². The topological polar surface area (TPSA) is 116 Å². The Morgan fingerprint density at radius 2 is 1.78 bits per heavy atom. The van der Waals surface area contributed by atoms with Gasteiger partial charge in [-0.15, -0.1) is 0 Å². The number of thioether (sulfide) groups is 1. The van der Waals surface area contributed by atoms with Gasteiger partial charge in [-0.3, -0.25) is 29.4 Å². The van der Waals surface area contributed by atoms with Crippen molar-refractivity contribution < 1.29 is 28.8 Å². The number of ketones is 1. The molecule has 4 rings (SSSR count). The van der Waals surface area contributed by atoms with Crippen LogP contribution in [0.5, 0.6) is 11.5 Å². The number of nitrogens with zero attached hydrogens (tertiary/aromatic N) is 2. The van der Waals surface area contributed by atoms with E-state index in [1.165, 1.54) is 25.3 Å². The monoisotopic (exact) mass is 582 g/mol. The van der Waals surface area contributed by atoms with Crippen LogP contribution in [0.1, 0.15) is 21.5 Å². The number of Topliss-reactive ketones (excluding diaryl/α,β-unsaturated/α-hetero) is 1. The van der Waals surface area contributed by atoms with Gasteiger partial charge in [-0.2, -0.15) is 0 Å². The third-order valence-electron chi connectivity index (χ3n) is 5.37. The van der Waals surface area contributed by atoms with E-state index in [1.807, 2.05) is 30.3 Å². The molecule has 0 saturated carbocycles. The minimum absolute atomic E-state index is 0.0447. The van der Waals surface area contributed by atoms with Crippen molar-refractivity contribution in [1.82, 2.24) is 4.90 Å². The molecular weight excluding hydrogens is 564 g/mol. The molecule has 1 aliphatic heterocycles. The van der Waals surface area contributed by atoms with E-state index in [-0.39, 0.29) is 34.3 Å². The van der Waals surface area contributed by atoms with Gasteiger partial charge in [-0.25, -0.2) is 0 Å². The van der Waals surface area contributed by atoms with E-state index < -0.39 is 28.4 Å². The molecule has 0 bridgehead atoms. The summed E-state index contributed by atoms with van der Waals surface area (Å²) in [6, 6.07) is 18.4. The summed E-state index contributed by atoms with van der Waals surface area (Å²) in [7, 11) is 1.39. The molecular formula is C26H19BrN2O7S. The number of hydrogen-bond acceptors (Lipinski definition) is 8. The maximum absolute atomic E-state index is 12.9. The van der Waals surface area contributed by atoms with E-state index in [1.54, 1.807) is 24.3 Å². The summed E-state index contributed by atoms with van der Waals surface area (Å²) in [4.78, 5) is 50.0. The summed E-state index contributed by atoms with van der Waals surface area (Å²) < 4.78 is 11.9. The molecule has 0 atom stereocenters. The molecule has 0 N–H and O–H groups in total. The second-order valence-electron chi connectivity index (χ2n) is 7.79. The van der Waals surface area contributed by atoms with Crippen molar-refractivity contribution in [2.45, 2.75) is 6.61 Å². The summed E-state index contributed by atoms with van der Waals surface area (Å²) >= 11 is 3.89. The maximum Gasteiger partial charge on any atom is 0.293 e. The molecule has 1 fully saturated rings. The van der Waals surface area contributed by atoms with Gasteiger partial charge in [-0.05, 0) is 41.6 Å². The van der Waals surface area contributed by atoms with Crippen LogP contribution in [-0.4, -0.2) is 40.4 Å². The molecule has 3 aromatic rings. The fourth-order valence-electron chi connectivity index (χ4n) is 3.49. The largest absolute Gasteiger partial charge is 0.493 e. The van der Waals surface area contributed by atoms with Gasteiger partial charge in [0.15, 0.2) is 17.3 Å². The highest BCUT2D eigenvalue weighted by Crippen LogP contribution is 2.39. The molecule has 9 nitrogen and oxygen atoms in total. The van der Waals surface area contributed by atoms with Gasteiger partial charge in [0.1, 0.15) is 6.61 Å². The molecule has 3 aromatic carbocycles. The third kappa shape index (κ3) is 6.07. The second kappa shape index (κ2) is 11.4. The Morgan fingerprint density at radius 1 is 1.08 bits per heavy atom. The number of imide groups is 1. The number of methoxy groups -OCH3 is 1. The Morgan fingerprint density at radius 3 is 2.43 bits per heavy atom. The van der Waals surface area contributed by atoms with Crippen molar-refractivity contribution in [3.05, 3.63) is 103 Å². The number of carbonyl (C=O) groups excluding carboxylic acids is 3. The Kier molecular flexibility index (Phi) is 8.04. The van der Waals surface area contributed by atoms with Crippen LogP contribution in [0.15, 0.2) is 76.1 Å². The Labute approximate surface area is 224 Å². The van der Waals surface area contributed by atoms with E-state index in [2.05, 4.69) is 15.9 Å². The minimum atomic E-state index is -0.710. The molecule has 0 unspecified atom stereocenters. The van der Waals surface area contributed by atoms with Crippen LogP contribution in [-0.2, 0) is 11.4 Å². The van der Waals surface area contributed by atoms with Crippen molar-refractivity contribution in [2.24, 2.45) is 0 Å². The summed E-state index contributed by atoms with van der Waals surface area (Å²) in [6.07, 6.45) is 1.25. The first-order valence-electron chi connectivity index (χ1n) is 10.8. The molecule has 1 aliphatic rings. The average Bonchev–Trinajstić information content (AvgIpc) is 3.15. The molecule has 0 aromatic heterocycles. The van der Waals surface area contributed by atoms with Gasteiger partial charge in [0.25, 0.3) is 16.8 Å². The lowest BCUT2D eigenvalue weighted by Gasteiger charge is -2.12. The lowest BCUT2D eigenvalue weighted by molar-refractivity contribution is -0.385. The van der Waals surface area contributed by atoms with Crippen LogP contribution in [0.3, 0.4) is 0 Å². The molecule has 0 spiro atoms. The fourth-order valence-corrected chi connectivity index (χ4v) is 4.59. The molecule has 0 radical (unpaired) electrons. The van der Waals surface area contributed by atoms with Crippen molar-refractivity contribution in [3.8, 4) is 11.5 Å². The first kappa shape index (κ1) is 26.1. The van der Waals surface area contributed by atoms with Crippen LogP contribution < -0.4 is 9.47 Å². The van der Waals surface area contributed by atoms with Crippen molar-refractivity contribution in [1.29, 1.82) is 0 Å². The Balaban J connectivity index is 1.58. The maximum atomic E-state index is 12.9. The summed E-state index contributed by atoms with van der Waals surface area (Å²) in [5, 5.41) is 11.2. The number of halogens is 1. The average molecular weight is 583 g/mol. The highest BCUT2D eigenvalue weighted by atomic mass is 79.9. The SMILES string of the molecule is COc1cc(/C=C2/SC(=O)N(CC(=O)c3ccc(Br)cc3)C2=O)c([N+](=O)[O-])cc1OCc1ccccc1. The summed E-state index contributed by atoms with van der Waals surface area (Å²) in [5.74, 6) is -0.748. The minimum Gasteiger partial charge on any atom is -0.493 e. The molecule has 188 valence electrons. The van der Waals surface area contributed by atoms with E-state index in [0.29, 0.717) is 17.3 Å². The van der Waals surface area contributed by atoms with Crippen LogP contribution in [0, 0.1) is 10.1 Å². The van der Waals surface area contributed by atoms with Gasteiger partial charge < -0.3 is 9.47 Å². The van der Waals surface area contributed by atoms with Gasteiger partial charge >= 0.3 is 0 Å². The first-order valence-corrected chi connectivity index (χ1v) is 12.4. The van der Waals surface area contributed by atoms with Gasteiger partial charge in [-0.1, -0.05) is 58.4 Å². The fraction of sp³-hybridized carbons (Fsp3) is 0.115. The first-order chi connectivity index (χ1) is 17.8. The van der Waals surface area contributed by atoms with Crippen LogP contribution >= 0.6 is 27.7 Å². The van der Waals surface area contributed by atoms with Crippen LogP contribution in [0.4, 0.5) is 10.5 Å². The normalized spacial score (nSPS) is 14.2. The molecule has 11 heteroatoms. The number of nitro groups is 1. The Hall–Kier alpha value is -3.96. The van der Waals surface area contributed by atoms with Gasteiger partial charge in [0.2, 0.25) is 0 Å².